The monoisotopic (exact) mass is 306 g/mol. The molecule has 7 nitrogen and oxygen atoms in total. The molecule has 0 aliphatic carbocycles. The number of benzene rings is 1. The van der Waals surface area contributed by atoms with Gasteiger partial charge in [-0.2, -0.15) is 0 Å². The minimum absolute atomic E-state index is 0.139. The molecule has 0 aromatic heterocycles. The van der Waals surface area contributed by atoms with E-state index in [0.717, 1.165) is 18.2 Å². The normalized spacial score (nSPS) is 11.2. The number of hydrogen-bond donors (Lipinski definition) is 3. The largest absolute Gasteiger partial charge is 0.478 e. The molecule has 104 valence electrons. The second-order valence-corrected chi connectivity index (χ2v) is 5.74. The van der Waals surface area contributed by atoms with Gasteiger partial charge in [-0.3, -0.25) is 4.79 Å². The zero-order valence-corrected chi connectivity index (χ0v) is 11.2. The average Bonchev–Trinajstić information content (AvgIpc) is 2.27. The molecule has 0 saturated carbocycles. The number of sulfonamides is 1. The van der Waals surface area contributed by atoms with Gasteiger partial charge in [0.2, 0.25) is 15.9 Å². The highest BCUT2D eigenvalue weighted by Crippen LogP contribution is 2.20. The lowest BCUT2D eigenvalue weighted by atomic mass is 10.2. The van der Waals surface area contributed by atoms with E-state index in [1.807, 2.05) is 0 Å². The first kappa shape index (κ1) is 15.4. The zero-order valence-electron chi connectivity index (χ0n) is 9.59. The molecule has 1 rings (SSSR count). The molecule has 0 radical (unpaired) electrons. The van der Waals surface area contributed by atoms with Crippen molar-refractivity contribution >= 4 is 33.5 Å². The van der Waals surface area contributed by atoms with Crippen LogP contribution in [0.25, 0.3) is 0 Å². The van der Waals surface area contributed by atoms with Crippen molar-refractivity contribution in [3.63, 3.8) is 0 Å². The Morgan fingerprint density at radius 2 is 2.00 bits per heavy atom. The van der Waals surface area contributed by atoms with E-state index in [0.29, 0.717) is 0 Å². The summed E-state index contributed by atoms with van der Waals surface area (Å²) in [4.78, 5) is 21.0. The standard InChI is InChI=1S/C10H11ClN2O5S/c11-8-5-6(1-2-7(8)10(15)16)19(17,18)13-4-3-9(12)14/h1-2,5,13H,3-4H2,(H2,12,14)(H,15,16). The predicted molar refractivity (Wildman–Crippen MR) is 67.4 cm³/mol. The molecule has 0 fully saturated rings. The topological polar surface area (TPSA) is 127 Å². The summed E-state index contributed by atoms with van der Waals surface area (Å²) >= 11 is 5.67. The Hall–Kier alpha value is -1.64. The highest BCUT2D eigenvalue weighted by Gasteiger charge is 2.17. The van der Waals surface area contributed by atoms with Crippen LogP contribution >= 0.6 is 11.6 Å². The summed E-state index contributed by atoms with van der Waals surface area (Å²) in [5, 5.41) is 8.57. The lowest BCUT2D eigenvalue weighted by molar-refractivity contribution is -0.117. The SMILES string of the molecule is NC(=O)CCNS(=O)(=O)c1ccc(C(=O)O)c(Cl)c1. The second-order valence-electron chi connectivity index (χ2n) is 3.56. The molecule has 1 aromatic carbocycles. The minimum Gasteiger partial charge on any atom is -0.478 e. The maximum atomic E-state index is 11.8. The Morgan fingerprint density at radius 3 is 2.47 bits per heavy atom. The fourth-order valence-electron chi connectivity index (χ4n) is 1.23. The molecule has 0 unspecified atom stereocenters. The number of hydrogen-bond acceptors (Lipinski definition) is 4. The van der Waals surface area contributed by atoms with Crippen LogP contribution in [0.3, 0.4) is 0 Å². The first-order valence-corrected chi connectivity index (χ1v) is 6.91. The van der Waals surface area contributed by atoms with E-state index in [2.05, 4.69) is 4.72 Å². The number of amides is 1. The van der Waals surface area contributed by atoms with Crippen molar-refractivity contribution in [1.29, 1.82) is 0 Å². The van der Waals surface area contributed by atoms with Crippen LogP contribution in [-0.4, -0.2) is 31.9 Å². The van der Waals surface area contributed by atoms with Gasteiger partial charge in [-0.15, -0.1) is 0 Å². The third-order valence-corrected chi connectivity index (χ3v) is 3.92. The van der Waals surface area contributed by atoms with Gasteiger partial charge in [0.05, 0.1) is 15.5 Å². The summed E-state index contributed by atoms with van der Waals surface area (Å²) in [6.45, 7) is -0.143. The molecule has 0 spiro atoms. The number of rotatable bonds is 6. The summed E-state index contributed by atoms with van der Waals surface area (Å²) in [7, 11) is -3.86. The van der Waals surface area contributed by atoms with E-state index in [4.69, 9.17) is 22.4 Å². The Bertz CT molecular complexity index is 614. The molecule has 9 heteroatoms. The smallest absolute Gasteiger partial charge is 0.337 e. The van der Waals surface area contributed by atoms with E-state index in [9.17, 15) is 18.0 Å². The molecule has 0 aliphatic heterocycles. The van der Waals surface area contributed by atoms with Crippen LogP contribution in [-0.2, 0) is 14.8 Å². The number of carboxylic acids is 1. The number of carboxylic acid groups (broad SMARTS) is 1. The number of primary amides is 1. The van der Waals surface area contributed by atoms with E-state index in [-0.39, 0.29) is 28.4 Å². The van der Waals surface area contributed by atoms with Gasteiger partial charge in [-0.25, -0.2) is 17.9 Å². The van der Waals surface area contributed by atoms with Crippen molar-refractivity contribution in [2.75, 3.05) is 6.54 Å². The maximum Gasteiger partial charge on any atom is 0.337 e. The van der Waals surface area contributed by atoms with E-state index in [1.165, 1.54) is 0 Å². The lowest BCUT2D eigenvalue weighted by Gasteiger charge is -2.07. The number of aromatic carboxylic acids is 1. The van der Waals surface area contributed by atoms with Crippen LogP contribution in [0.1, 0.15) is 16.8 Å². The van der Waals surface area contributed by atoms with Crippen LogP contribution < -0.4 is 10.5 Å². The number of carbonyl (C=O) groups is 2. The first-order valence-electron chi connectivity index (χ1n) is 5.05. The van der Waals surface area contributed by atoms with E-state index in [1.54, 1.807) is 0 Å². The Morgan fingerprint density at radius 1 is 1.37 bits per heavy atom. The minimum atomic E-state index is -3.86. The van der Waals surface area contributed by atoms with Gasteiger partial charge in [-0.05, 0) is 18.2 Å². The molecule has 4 N–H and O–H groups in total. The van der Waals surface area contributed by atoms with Crippen molar-refractivity contribution in [2.24, 2.45) is 5.73 Å². The van der Waals surface area contributed by atoms with Crippen LogP contribution in [0.15, 0.2) is 23.1 Å². The van der Waals surface area contributed by atoms with Gasteiger partial charge < -0.3 is 10.8 Å². The van der Waals surface area contributed by atoms with Crippen molar-refractivity contribution in [3.05, 3.63) is 28.8 Å². The van der Waals surface area contributed by atoms with Crippen LogP contribution in [0.2, 0.25) is 5.02 Å². The fraction of sp³-hybridized carbons (Fsp3) is 0.200. The van der Waals surface area contributed by atoms with Crippen LogP contribution in [0.5, 0.6) is 0 Å². The van der Waals surface area contributed by atoms with Crippen molar-refractivity contribution in [2.45, 2.75) is 11.3 Å². The molecular formula is C10H11ClN2O5S. The van der Waals surface area contributed by atoms with Gasteiger partial charge in [0.1, 0.15) is 0 Å². The summed E-state index contributed by atoms with van der Waals surface area (Å²) in [5.74, 6) is -1.89. The molecule has 19 heavy (non-hydrogen) atoms. The quantitative estimate of drug-likeness (QED) is 0.691. The molecule has 0 bridgehead atoms. The van der Waals surface area contributed by atoms with E-state index >= 15 is 0 Å². The first-order chi connectivity index (χ1) is 8.74. The van der Waals surface area contributed by atoms with Gasteiger partial charge >= 0.3 is 5.97 Å². The third kappa shape index (κ3) is 4.19. The van der Waals surface area contributed by atoms with Gasteiger partial charge in [0.15, 0.2) is 0 Å². The second kappa shape index (κ2) is 6.00. The van der Waals surface area contributed by atoms with Crippen molar-refractivity contribution in [3.8, 4) is 0 Å². The Kier molecular flexibility index (Phi) is 4.87. The molecular weight excluding hydrogens is 296 g/mol. The molecule has 0 heterocycles. The lowest BCUT2D eigenvalue weighted by Crippen LogP contribution is -2.28. The zero-order chi connectivity index (χ0) is 14.6. The number of nitrogens with one attached hydrogen (secondary N) is 1. The van der Waals surface area contributed by atoms with Crippen molar-refractivity contribution < 1.29 is 23.1 Å². The molecule has 0 saturated heterocycles. The Balaban J connectivity index is 2.93. The third-order valence-electron chi connectivity index (χ3n) is 2.14. The number of halogens is 1. The average molecular weight is 307 g/mol. The van der Waals surface area contributed by atoms with Gasteiger partial charge in [-0.1, -0.05) is 11.6 Å². The van der Waals surface area contributed by atoms with E-state index < -0.39 is 21.9 Å². The van der Waals surface area contributed by atoms with Crippen LogP contribution in [0.4, 0.5) is 0 Å². The molecule has 0 aliphatic rings. The van der Waals surface area contributed by atoms with Gasteiger partial charge in [0.25, 0.3) is 0 Å². The molecule has 1 amide bonds. The molecule has 1 aromatic rings. The van der Waals surface area contributed by atoms with Gasteiger partial charge in [0, 0.05) is 13.0 Å². The maximum absolute atomic E-state index is 11.8. The summed E-state index contributed by atoms with van der Waals surface area (Å²) in [5.41, 5.74) is 4.68. The number of carbonyl (C=O) groups excluding carboxylic acids is 1. The predicted octanol–water partition coefficient (Wildman–Crippen LogP) is 0.192. The van der Waals surface area contributed by atoms with Crippen LogP contribution in [0, 0.1) is 0 Å². The summed E-state index contributed by atoms with van der Waals surface area (Å²) in [6, 6.07) is 3.23. The summed E-state index contributed by atoms with van der Waals surface area (Å²) in [6.07, 6.45) is -0.139. The number of nitrogens with two attached hydrogens (primary N) is 1. The fourth-order valence-corrected chi connectivity index (χ4v) is 2.61. The molecule has 0 atom stereocenters. The Labute approximate surface area is 114 Å². The highest BCUT2D eigenvalue weighted by molar-refractivity contribution is 7.89. The highest BCUT2D eigenvalue weighted by atomic mass is 35.5. The van der Waals surface area contributed by atoms with Crippen molar-refractivity contribution in [1.82, 2.24) is 4.72 Å². The summed E-state index contributed by atoms with van der Waals surface area (Å²) < 4.78 is 25.7.